The molecule has 0 spiro atoms. The molecule has 0 aliphatic carbocycles. The average Bonchev–Trinajstić information content (AvgIpc) is 2.69. The molecule has 0 fully saturated rings. The van der Waals surface area contributed by atoms with Gasteiger partial charge in [0.15, 0.2) is 5.58 Å². The third-order valence-corrected chi connectivity index (χ3v) is 3.09. The molecule has 3 nitrogen and oxygen atoms in total. The van der Waals surface area contributed by atoms with Crippen molar-refractivity contribution in [1.29, 1.82) is 0 Å². The summed E-state index contributed by atoms with van der Waals surface area (Å²) in [5, 5.41) is 0. The van der Waals surface area contributed by atoms with Crippen LogP contribution in [0.15, 0.2) is 39.2 Å². The predicted octanol–water partition coefficient (Wildman–Crippen LogP) is 4.12. The Hall–Kier alpha value is -1.95. The SMILES string of the molecule is Nc1ccc2oc(-c3c(F)cc(Br)cc3F)nc2c1. The molecule has 1 heterocycles. The standard InChI is InChI=1S/C13H7BrF2N2O/c14-6-3-8(15)12(9(16)4-6)13-18-10-5-7(17)1-2-11(10)19-13/h1-5H,17H2. The lowest BCUT2D eigenvalue weighted by Crippen LogP contribution is -1.90. The van der Waals surface area contributed by atoms with Crippen LogP contribution in [0.1, 0.15) is 0 Å². The van der Waals surface area contributed by atoms with Crippen LogP contribution in [-0.4, -0.2) is 4.98 Å². The number of fused-ring (bicyclic) bond motifs is 1. The fraction of sp³-hybridized carbons (Fsp3) is 0. The Morgan fingerprint density at radius 3 is 2.47 bits per heavy atom. The van der Waals surface area contributed by atoms with Crippen molar-refractivity contribution in [3.05, 3.63) is 46.4 Å². The first-order valence-corrected chi connectivity index (χ1v) is 6.15. The van der Waals surface area contributed by atoms with Crippen LogP contribution >= 0.6 is 15.9 Å². The summed E-state index contributed by atoms with van der Waals surface area (Å²) < 4.78 is 33.3. The van der Waals surface area contributed by atoms with Crippen LogP contribution in [0, 0.1) is 11.6 Å². The van der Waals surface area contributed by atoms with Crippen LogP contribution in [-0.2, 0) is 0 Å². The Morgan fingerprint density at radius 1 is 1.11 bits per heavy atom. The monoisotopic (exact) mass is 324 g/mol. The highest BCUT2D eigenvalue weighted by Crippen LogP contribution is 2.31. The summed E-state index contributed by atoms with van der Waals surface area (Å²) in [5.41, 5.74) is 6.70. The van der Waals surface area contributed by atoms with Crippen molar-refractivity contribution >= 4 is 32.7 Å². The third-order valence-electron chi connectivity index (χ3n) is 2.63. The van der Waals surface area contributed by atoms with Crippen molar-refractivity contribution in [2.24, 2.45) is 0 Å². The van der Waals surface area contributed by atoms with E-state index in [-0.39, 0.29) is 11.5 Å². The van der Waals surface area contributed by atoms with Gasteiger partial charge in [0, 0.05) is 10.2 Å². The molecule has 0 aliphatic rings. The maximum Gasteiger partial charge on any atom is 0.233 e. The predicted molar refractivity (Wildman–Crippen MR) is 71.5 cm³/mol. The highest BCUT2D eigenvalue weighted by molar-refractivity contribution is 9.10. The number of benzene rings is 2. The second kappa shape index (κ2) is 4.31. The van der Waals surface area contributed by atoms with E-state index in [1.54, 1.807) is 18.2 Å². The zero-order valence-electron chi connectivity index (χ0n) is 9.45. The van der Waals surface area contributed by atoms with E-state index in [2.05, 4.69) is 20.9 Å². The smallest absolute Gasteiger partial charge is 0.233 e. The molecule has 2 N–H and O–H groups in total. The number of nitrogen functional groups attached to an aromatic ring is 1. The number of rotatable bonds is 1. The molecule has 6 heteroatoms. The molecule has 0 aliphatic heterocycles. The number of halogens is 3. The van der Waals surface area contributed by atoms with Crippen molar-refractivity contribution in [2.45, 2.75) is 0 Å². The second-order valence-corrected chi connectivity index (χ2v) is 4.91. The van der Waals surface area contributed by atoms with Gasteiger partial charge < -0.3 is 10.2 Å². The Labute approximate surface area is 115 Å². The van der Waals surface area contributed by atoms with Gasteiger partial charge in [0.25, 0.3) is 0 Å². The number of nitrogens with two attached hydrogens (primary N) is 1. The van der Waals surface area contributed by atoms with Gasteiger partial charge in [0.05, 0.1) is 0 Å². The molecule has 2 aromatic carbocycles. The number of hydrogen-bond acceptors (Lipinski definition) is 3. The van der Waals surface area contributed by atoms with E-state index in [1.165, 1.54) is 0 Å². The summed E-state index contributed by atoms with van der Waals surface area (Å²) in [6.45, 7) is 0. The topological polar surface area (TPSA) is 52.0 Å². The molecule has 0 amide bonds. The molecule has 0 atom stereocenters. The third kappa shape index (κ3) is 2.08. The van der Waals surface area contributed by atoms with Gasteiger partial charge in [-0.15, -0.1) is 0 Å². The number of nitrogens with zero attached hydrogens (tertiary/aromatic N) is 1. The van der Waals surface area contributed by atoms with Crippen molar-refractivity contribution in [1.82, 2.24) is 4.98 Å². The average molecular weight is 325 g/mol. The molecular weight excluding hydrogens is 318 g/mol. The zero-order chi connectivity index (χ0) is 13.6. The Morgan fingerprint density at radius 2 is 1.79 bits per heavy atom. The van der Waals surface area contributed by atoms with Gasteiger partial charge >= 0.3 is 0 Å². The lowest BCUT2D eigenvalue weighted by Gasteiger charge is -2.00. The van der Waals surface area contributed by atoms with Crippen LogP contribution < -0.4 is 5.73 Å². The molecular formula is C13H7BrF2N2O. The maximum absolute atomic E-state index is 13.8. The van der Waals surface area contributed by atoms with Crippen molar-refractivity contribution in [3.8, 4) is 11.5 Å². The molecule has 0 saturated heterocycles. The molecule has 19 heavy (non-hydrogen) atoms. The minimum Gasteiger partial charge on any atom is -0.436 e. The number of anilines is 1. The highest BCUT2D eigenvalue weighted by Gasteiger charge is 2.18. The van der Waals surface area contributed by atoms with Crippen molar-refractivity contribution in [3.63, 3.8) is 0 Å². The molecule has 0 radical (unpaired) electrons. The minimum absolute atomic E-state index is 0.108. The summed E-state index contributed by atoms with van der Waals surface area (Å²) >= 11 is 3.02. The van der Waals surface area contributed by atoms with E-state index in [4.69, 9.17) is 10.2 Å². The maximum atomic E-state index is 13.8. The van der Waals surface area contributed by atoms with Gasteiger partial charge in [-0.25, -0.2) is 13.8 Å². The zero-order valence-corrected chi connectivity index (χ0v) is 11.0. The van der Waals surface area contributed by atoms with Gasteiger partial charge in [-0.3, -0.25) is 0 Å². The summed E-state index contributed by atoms with van der Waals surface area (Å²) in [6, 6.07) is 7.13. The Balaban J connectivity index is 2.24. The minimum atomic E-state index is -0.744. The highest BCUT2D eigenvalue weighted by atomic mass is 79.9. The van der Waals surface area contributed by atoms with Crippen LogP contribution in [0.2, 0.25) is 0 Å². The fourth-order valence-corrected chi connectivity index (χ4v) is 2.20. The van der Waals surface area contributed by atoms with E-state index in [9.17, 15) is 8.78 Å². The van der Waals surface area contributed by atoms with Gasteiger partial charge in [-0.05, 0) is 30.3 Å². The van der Waals surface area contributed by atoms with Gasteiger partial charge in [0.1, 0.15) is 22.7 Å². The van der Waals surface area contributed by atoms with Gasteiger partial charge in [0.2, 0.25) is 5.89 Å². The summed E-state index contributed by atoms with van der Waals surface area (Å²) in [6.07, 6.45) is 0. The summed E-state index contributed by atoms with van der Waals surface area (Å²) in [7, 11) is 0. The van der Waals surface area contributed by atoms with E-state index in [0.29, 0.717) is 21.3 Å². The molecule has 0 saturated carbocycles. The van der Waals surface area contributed by atoms with Crippen LogP contribution in [0.5, 0.6) is 0 Å². The van der Waals surface area contributed by atoms with Crippen LogP contribution in [0.25, 0.3) is 22.6 Å². The van der Waals surface area contributed by atoms with E-state index in [0.717, 1.165) is 12.1 Å². The first-order valence-electron chi connectivity index (χ1n) is 5.35. The molecule has 1 aromatic heterocycles. The van der Waals surface area contributed by atoms with E-state index in [1.807, 2.05) is 0 Å². The molecule has 96 valence electrons. The van der Waals surface area contributed by atoms with Crippen LogP contribution in [0.3, 0.4) is 0 Å². The quantitative estimate of drug-likeness (QED) is 0.685. The molecule has 0 bridgehead atoms. The normalized spacial score (nSPS) is 11.1. The molecule has 3 rings (SSSR count). The number of hydrogen-bond donors (Lipinski definition) is 1. The fourth-order valence-electron chi connectivity index (χ4n) is 1.80. The van der Waals surface area contributed by atoms with Gasteiger partial charge in [-0.1, -0.05) is 15.9 Å². The lowest BCUT2D eigenvalue weighted by atomic mass is 10.2. The Bertz CT molecular complexity index is 762. The Kier molecular flexibility index (Phi) is 2.74. The first-order chi connectivity index (χ1) is 9.04. The van der Waals surface area contributed by atoms with Crippen LogP contribution in [0.4, 0.5) is 14.5 Å². The molecule has 3 aromatic rings. The second-order valence-electron chi connectivity index (χ2n) is 3.99. The molecule has 0 unspecified atom stereocenters. The number of aromatic nitrogens is 1. The van der Waals surface area contributed by atoms with Crippen molar-refractivity contribution in [2.75, 3.05) is 5.73 Å². The number of oxazole rings is 1. The van der Waals surface area contributed by atoms with Crippen molar-refractivity contribution < 1.29 is 13.2 Å². The van der Waals surface area contributed by atoms with E-state index >= 15 is 0 Å². The first kappa shape index (κ1) is 12.1. The van der Waals surface area contributed by atoms with Gasteiger partial charge in [-0.2, -0.15) is 0 Å². The summed E-state index contributed by atoms with van der Waals surface area (Å²) in [5.74, 6) is -1.60. The lowest BCUT2D eigenvalue weighted by molar-refractivity contribution is 0.560. The summed E-state index contributed by atoms with van der Waals surface area (Å²) in [4.78, 5) is 4.05. The largest absolute Gasteiger partial charge is 0.436 e. The van der Waals surface area contributed by atoms with E-state index < -0.39 is 11.6 Å².